The molecule has 0 saturated carbocycles. The minimum Gasteiger partial charge on any atom is -0.488 e. The molecule has 2 saturated heterocycles. The van der Waals surface area contributed by atoms with Crippen molar-refractivity contribution < 1.29 is 28.2 Å². The lowest BCUT2D eigenvalue weighted by atomic mass is 10.0. The van der Waals surface area contributed by atoms with Crippen molar-refractivity contribution in [3.8, 4) is 5.75 Å². The van der Waals surface area contributed by atoms with Crippen LogP contribution >= 0.6 is 0 Å². The number of piperidine rings is 1. The molecular weight excluding hydrogens is 441 g/mol. The number of ether oxygens (including phenoxy) is 2. The van der Waals surface area contributed by atoms with Crippen molar-refractivity contribution in [3.63, 3.8) is 0 Å². The van der Waals surface area contributed by atoms with E-state index in [1.165, 1.54) is 4.90 Å². The summed E-state index contributed by atoms with van der Waals surface area (Å²) in [6.07, 6.45) is 0.488. The lowest BCUT2D eigenvalue weighted by Crippen LogP contribution is -2.52. The third-order valence-corrected chi connectivity index (χ3v) is 6.58. The Morgan fingerprint density at radius 2 is 1.82 bits per heavy atom. The molecule has 8 nitrogen and oxygen atoms in total. The summed E-state index contributed by atoms with van der Waals surface area (Å²) in [7, 11) is 0. The zero-order valence-corrected chi connectivity index (χ0v) is 18.7. The molecule has 34 heavy (non-hydrogen) atoms. The van der Waals surface area contributed by atoms with Crippen LogP contribution in [-0.4, -0.2) is 59.9 Å². The van der Waals surface area contributed by atoms with E-state index < -0.39 is 11.9 Å². The average Bonchev–Trinajstić information content (AvgIpc) is 3.17. The molecule has 2 aromatic carbocycles. The second kappa shape index (κ2) is 9.52. The molecule has 3 amide bonds. The van der Waals surface area contributed by atoms with Crippen LogP contribution in [0.15, 0.2) is 36.4 Å². The van der Waals surface area contributed by atoms with E-state index in [9.17, 15) is 14.4 Å². The highest BCUT2D eigenvalue weighted by molar-refractivity contribution is 6.05. The number of hydrogen-bond acceptors (Lipinski definition) is 6. The summed E-state index contributed by atoms with van der Waals surface area (Å²) in [5.74, 6) is -0.860. The maximum absolute atomic E-state index is 15.2. The van der Waals surface area contributed by atoms with E-state index in [1.807, 2.05) is 6.07 Å². The summed E-state index contributed by atoms with van der Waals surface area (Å²) in [4.78, 5) is 40.4. The molecule has 1 N–H and O–H groups in total. The minimum absolute atomic E-state index is 0.0197. The third-order valence-electron chi connectivity index (χ3n) is 6.58. The van der Waals surface area contributed by atoms with Crippen LogP contribution in [0.25, 0.3) is 0 Å². The number of benzene rings is 2. The van der Waals surface area contributed by atoms with Gasteiger partial charge in [0, 0.05) is 48.3 Å². The number of nitrogens with zero attached hydrogens (tertiary/aromatic N) is 2. The van der Waals surface area contributed by atoms with E-state index in [4.69, 9.17) is 9.47 Å². The zero-order chi connectivity index (χ0) is 23.7. The largest absolute Gasteiger partial charge is 0.488 e. The van der Waals surface area contributed by atoms with E-state index in [2.05, 4.69) is 10.2 Å². The molecule has 178 valence electrons. The topological polar surface area (TPSA) is 88.2 Å². The highest BCUT2D eigenvalue weighted by Crippen LogP contribution is 2.34. The number of nitrogens with one attached hydrogen (secondary N) is 1. The van der Waals surface area contributed by atoms with Crippen LogP contribution in [0.1, 0.15) is 39.9 Å². The maximum Gasteiger partial charge on any atom is 0.255 e. The summed E-state index contributed by atoms with van der Waals surface area (Å²) < 4.78 is 26.5. The van der Waals surface area contributed by atoms with E-state index in [0.717, 1.165) is 13.1 Å². The van der Waals surface area contributed by atoms with Gasteiger partial charge in [0.25, 0.3) is 5.91 Å². The fraction of sp³-hybridized carbons (Fsp3) is 0.400. The highest BCUT2D eigenvalue weighted by Gasteiger charge is 2.40. The predicted molar refractivity (Wildman–Crippen MR) is 119 cm³/mol. The summed E-state index contributed by atoms with van der Waals surface area (Å²) >= 11 is 0. The van der Waals surface area contributed by atoms with Crippen molar-refractivity contribution in [2.75, 3.05) is 26.3 Å². The third kappa shape index (κ3) is 4.41. The van der Waals surface area contributed by atoms with Gasteiger partial charge in [0.1, 0.15) is 24.2 Å². The summed E-state index contributed by atoms with van der Waals surface area (Å²) in [6.45, 7) is 3.58. The van der Waals surface area contributed by atoms with Gasteiger partial charge >= 0.3 is 0 Å². The van der Waals surface area contributed by atoms with Gasteiger partial charge in [0.15, 0.2) is 0 Å². The summed E-state index contributed by atoms with van der Waals surface area (Å²) in [5, 5.41) is 2.30. The van der Waals surface area contributed by atoms with Crippen LogP contribution < -0.4 is 10.1 Å². The number of halogens is 1. The van der Waals surface area contributed by atoms with E-state index in [1.54, 1.807) is 30.3 Å². The van der Waals surface area contributed by atoms with Gasteiger partial charge in [0.05, 0.1) is 19.8 Å². The Morgan fingerprint density at radius 3 is 2.62 bits per heavy atom. The van der Waals surface area contributed by atoms with Crippen molar-refractivity contribution in [1.82, 2.24) is 15.1 Å². The molecule has 0 radical (unpaired) electrons. The quantitative estimate of drug-likeness (QED) is 0.654. The van der Waals surface area contributed by atoms with Crippen LogP contribution in [0.3, 0.4) is 0 Å². The SMILES string of the molecule is O=C1CC[C@H](N2Cc3c(OCc4cccc(CN5CCOCC5)c4F)cccc3C2=O)C(=O)N1. The van der Waals surface area contributed by atoms with Crippen molar-refractivity contribution in [1.29, 1.82) is 0 Å². The second-order valence-corrected chi connectivity index (χ2v) is 8.75. The van der Waals surface area contributed by atoms with Gasteiger partial charge < -0.3 is 14.4 Å². The smallest absolute Gasteiger partial charge is 0.255 e. The fourth-order valence-corrected chi connectivity index (χ4v) is 4.71. The van der Waals surface area contributed by atoms with Gasteiger partial charge in [-0.3, -0.25) is 24.6 Å². The number of carbonyl (C=O) groups excluding carboxylic acids is 3. The van der Waals surface area contributed by atoms with Gasteiger partial charge in [-0.05, 0) is 18.6 Å². The molecule has 3 aliphatic heterocycles. The fourth-order valence-electron chi connectivity index (χ4n) is 4.71. The Labute approximate surface area is 196 Å². The molecule has 2 fully saturated rings. The van der Waals surface area contributed by atoms with E-state index in [0.29, 0.717) is 54.2 Å². The zero-order valence-electron chi connectivity index (χ0n) is 18.7. The number of carbonyl (C=O) groups is 3. The number of morpholine rings is 1. The molecule has 3 heterocycles. The lowest BCUT2D eigenvalue weighted by molar-refractivity contribution is -0.136. The number of fused-ring (bicyclic) bond motifs is 1. The monoisotopic (exact) mass is 467 g/mol. The predicted octanol–water partition coefficient (Wildman–Crippen LogP) is 2.00. The normalized spacial score (nSPS) is 20.9. The molecule has 0 aliphatic carbocycles. The van der Waals surface area contributed by atoms with Crippen molar-refractivity contribution in [2.45, 2.75) is 38.6 Å². The van der Waals surface area contributed by atoms with Gasteiger partial charge in [-0.2, -0.15) is 0 Å². The minimum atomic E-state index is -0.695. The molecule has 9 heteroatoms. The van der Waals surface area contributed by atoms with Crippen LogP contribution in [-0.2, 0) is 34.0 Å². The Balaban J connectivity index is 1.30. The Bertz CT molecular complexity index is 1130. The van der Waals surface area contributed by atoms with Crippen LogP contribution in [0.4, 0.5) is 4.39 Å². The maximum atomic E-state index is 15.2. The van der Waals surface area contributed by atoms with E-state index >= 15 is 4.39 Å². The van der Waals surface area contributed by atoms with Crippen LogP contribution in [0, 0.1) is 5.82 Å². The molecule has 0 unspecified atom stereocenters. The summed E-state index contributed by atoms with van der Waals surface area (Å²) in [5.41, 5.74) is 2.18. The van der Waals surface area contributed by atoms with Crippen molar-refractivity contribution >= 4 is 17.7 Å². The Morgan fingerprint density at radius 1 is 1.06 bits per heavy atom. The average molecular weight is 467 g/mol. The lowest BCUT2D eigenvalue weighted by Gasteiger charge is -2.29. The highest BCUT2D eigenvalue weighted by atomic mass is 19.1. The Kier molecular flexibility index (Phi) is 6.30. The van der Waals surface area contributed by atoms with Crippen molar-refractivity contribution in [3.05, 3.63) is 64.5 Å². The first-order valence-electron chi connectivity index (χ1n) is 11.5. The molecular formula is C25H26FN3O5. The first-order chi connectivity index (χ1) is 16.5. The Hall–Kier alpha value is -3.30. The van der Waals surface area contributed by atoms with Crippen LogP contribution in [0.2, 0.25) is 0 Å². The molecule has 3 aliphatic rings. The first-order valence-corrected chi connectivity index (χ1v) is 11.5. The van der Waals surface area contributed by atoms with Gasteiger partial charge in [0.2, 0.25) is 11.8 Å². The van der Waals surface area contributed by atoms with Crippen molar-refractivity contribution in [2.24, 2.45) is 0 Å². The number of amides is 3. The van der Waals surface area contributed by atoms with Gasteiger partial charge in [-0.25, -0.2) is 4.39 Å². The number of rotatable bonds is 6. The molecule has 5 rings (SSSR count). The van der Waals surface area contributed by atoms with Crippen LogP contribution in [0.5, 0.6) is 5.75 Å². The molecule has 0 aromatic heterocycles. The first kappa shape index (κ1) is 22.5. The molecule has 0 spiro atoms. The molecule has 0 bridgehead atoms. The standard InChI is InChI=1S/C25H26FN3O5/c26-23-16(13-28-9-11-33-12-10-28)3-1-4-17(23)15-34-21-6-2-5-18-19(21)14-29(25(18)32)20-7-8-22(30)27-24(20)31/h1-6,20H,7-15H2,(H,27,30,31)/t20-/m0/s1. The number of imide groups is 1. The van der Waals surface area contributed by atoms with Gasteiger partial charge in [-0.15, -0.1) is 0 Å². The van der Waals surface area contributed by atoms with E-state index in [-0.39, 0.29) is 37.2 Å². The molecule has 2 aromatic rings. The molecule has 1 atom stereocenters. The van der Waals surface area contributed by atoms with Gasteiger partial charge in [-0.1, -0.05) is 24.3 Å². The second-order valence-electron chi connectivity index (χ2n) is 8.75. The summed E-state index contributed by atoms with van der Waals surface area (Å²) in [6, 6.07) is 9.76. The number of hydrogen-bond donors (Lipinski definition) is 1.